The maximum atomic E-state index is 16.0. The van der Waals surface area contributed by atoms with Crippen molar-refractivity contribution in [1.82, 2.24) is 0 Å². The normalized spacial score (nSPS) is 11.5. The van der Waals surface area contributed by atoms with Crippen molar-refractivity contribution in [3.05, 3.63) is 229 Å². The van der Waals surface area contributed by atoms with Crippen LogP contribution in [-0.2, 0) is 18.6 Å². The minimum absolute atomic E-state index is 0.283. The summed E-state index contributed by atoms with van der Waals surface area (Å²) in [7, 11) is -5.14. The van der Waals surface area contributed by atoms with Crippen molar-refractivity contribution >= 4 is 7.82 Å². The molecular formula is C69H69O7P. The quantitative estimate of drug-likeness (QED) is 0.0575. The van der Waals surface area contributed by atoms with Crippen LogP contribution in [0.4, 0.5) is 0 Å². The van der Waals surface area contributed by atoms with Crippen LogP contribution in [0.25, 0.3) is 66.8 Å². The highest BCUT2D eigenvalue weighted by Crippen LogP contribution is 2.56. The molecule has 0 atom stereocenters. The Morgan fingerprint density at radius 3 is 0.545 bits per heavy atom. The Balaban J connectivity index is 1.24. The van der Waals surface area contributed by atoms with Gasteiger partial charge >= 0.3 is 7.82 Å². The molecule has 0 saturated heterocycles. The molecular weight excluding hydrogens is 972 g/mol. The van der Waals surface area contributed by atoms with E-state index < -0.39 is 7.82 Å². The zero-order chi connectivity index (χ0) is 55.0. The standard InChI is InChI=1S/C69H69O7P/c1-40-22-16-23-41(2)58(40)64-52(13)34-37-55(67(64)61-46(7)28-19-29-47(61)8)71-74-77(70,75-72-56-38-35-53(14)65(59-42(3)24-17-25-43(59)4)68(56)62-48(9)30-20-31-49(62)10)76-73-57-39-36-54(15)66(60-44(5)26-18-27-45(60)6)69(57)63-50(11)32-21-33-51(63)12/h16-39H,1-15H3. The van der Waals surface area contributed by atoms with E-state index in [9.17, 15) is 0 Å². The fraction of sp³-hybridized carbons (Fsp3) is 0.217. The fourth-order valence-corrected chi connectivity index (χ4v) is 12.1. The van der Waals surface area contributed by atoms with Crippen LogP contribution in [-0.4, -0.2) is 0 Å². The second-order valence-corrected chi connectivity index (χ2v) is 22.3. The molecule has 0 fully saturated rings. The maximum Gasteiger partial charge on any atom is 0.583 e. The summed E-state index contributed by atoms with van der Waals surface area (Å²) in [5.41, 5.74) is 26.9. The van der Waals surface area contributed by atoms with Gasteiger partial charge in [-0.1, -0.05) is 141 Å². The zero-order valence-corrected chi connectivity index (χ0v) is 48.1. The number of hydrogen-bond acceptors (Lipinski definition) is 7. The molecule has 0 spiro atoms. The minimum Gasteiger partial charge on any atom is -0.326 e. The first kappa shape index (κ1) is 54.3. The first-order valence-corrected chi connectivity index (χ1v) is 27.7. The third-order valence-electron chi connectivity index (χ3n) is 15.2. The van der Waals surface area contributed by atoms with E-state index in [2.05, 4.69) is 195 Å². The van der Waals surface area contributed by atoms with Crippen molar-refractivity contribution in [3.63, 3.8) is 0 Å². The van der Waals surface area contributed by atoms with Crippen molar-refractivity contribution in [2.24, 2.45) is 0 Å². The maximum absolute atomic E-state index is 16.0. The van der Waals surface area contributed by atoms with Gasteiger partial charge in [-0.25, -0.2) is 4.57 Å². The number of hydrogen-bond donors (Lipinski definition) is 0. The third-order valence-corrected chi connectivity index (χ3v) is 15.9. The smallest absolute Gasteiger partial charge is 0.326 e. The Morgan fingerprint density at radius 2 is 0.364 bits per heavy atom. The lowest BCUT2D eigenvalue weighted by Gasteiger charge is -2.25. The van der Waals surface area contributed by atoms with Gasteiger partial charge in [0.1, 0.15) is 0 Å². The molecule has 0 aliphatic carbocycles. The lowest BCUT2D eigenvalue weighted by atomic mass is 9.83. The van der Waals surface area contributed by atoms with Gasteiger partial charge in [-0.05, 0) is 256 Å². The van der Waals surface area contributed by atoms with Gasteiger partial charge in [-0.3, -0.25) is 0 Å². The molecule has 0 bridgehead atoms. The van der Waals surface area contributed by atoms with E-state index in [1.54, 1.807) is 0 Å². The van der Waals surface area contributed by atoms with Crippen molar-refractivity contribution in [3.8, 4) is 84.0 Å². The van der Waals surface area contributed by atoms with Gasteiger partial charge in [0.25, 0.3) is 0 Å². The molecule has 9 rings (SSSR count). The van der Waals surface area contributed by atoms with Gasteiger partial charge in [0.2, 0.25) is 0 Å². The molecule has 8 heteroatoms. The van der Waals surface area contributed by atoms with Gasteiger partial charge in [-0.2, -0.15) is 0 Å². The molecule has 7 nitrogen and oxygen atoms in total. The molecule has 0 radical (unpaired) electrons. The van der Waals surface area contributed by atoms with Gasteiger partial charge in [0.05, 0.1) is 0 Å². The van der Waals surface area contributed by atoms with Crippen LogP contribution < -0.4 is 14.7 Å². The van der Waals surface area contributed by atoms with Crippen LogP contribution in [0.3, 0.4) is 0 Å². The van der Waals surface area contributed by atoms with E-state index in [-0.39, 0.29) is 17.2 Å². The van der Waals surface area contributed by atoms with E-state index in [0.717, 1.165) is 150 Å². The van der Waals surface area contributed by atoms with E-state index in [1.807, 2.05) is 54.6 Å². The van der Waals surface area contributed by atoms with E-state index in [1.165, 1.54) is 0 Å². The highest BCUT2D eigenvalue weighted by atomic mass is 31.2. The topological polar surface area (TPSA) is 72.5 Å². The molecule has 0 amide bonds. The highest BCUT2D eigenvalue weighted by Gasteiger charge is 2.38. The van der Waals surface area contributed by atoms with Crippen molar-refractivity contribution in [1.29, 1.82) is 0 Å². The monoisotopic (exact) mass is 1040 g/mol. The summed E-state index contributed by atoms with van der Waals surface area (Å²) in [6.45, 7) is 31.4. The second-order valence-electron chi connectivity index (χ2n) is 20.9. The van der Waals surface area contributed by atoms with Crippen LogP contribution in [0.15, 0.2) is 146 Å². The first-order valence-electron chi connectivity index (χ1n) is 26.3. The lowest BCUT2D eigenvalue weighted by Crippen LogP contribution is -2.10. The average Bonchev–Trinajstić information content (AvgIpc) is 3.38. The molecule has 77 heavy (non-hydrogen) atoms. The molecule has 0 saturated carbocycles. The second kappa shape index (κ2) is 22.2. The predicted octanol–water partition coefficient (Wildman–Crippen LogP) is 19.8. The Labute approximate surface area is 455 Å². The Morgan fingerprint density at radius 1 is 0.208 bits per heavy atom. The van der Waals surface area contributed by atoms with Crippen LogP contribution in [0, 0.1) is 104 Å². The van der Waals surface area contributed by atoms with Crippen molar-refractivity contribution in [2.45, 2.75) is 104 Å². The predicted molar refractivity (Wildman–Crippen MR) is 316 cm³/mol. The summed E-state index contributed by atoms with van der Waals surface area (Å²) in [6, 6.07) is 48.8. The zero-order valence-electron chi connectivity index (χ0n) is 47.2. The van der Waals surface area contributed by atoms with E-state index in [0.29, 0.717) is 0 Å². The fourth-order valence-electron chi connectivity index (χ4n) is 11.5. The first-order chi connectivity index (χ1) is 36.8. The summed E-state index contributed by atoms with van der Waals surface area (Å²) < 4.78 is 34.6. The molecule has 9 aromatic carbocycles. The van der Waals surface area contributed by atoms with Crippen LogP contribution >= 0.6 is 7.82 Å². The Kier molecular flexibility index (Phi) is 15.7. The van der Waals surface area contributed by atoms with Crippen LogP contribution in [0.5, 0.6) is 17.2 Å². The molecule has 0 aromatic heterocycles. The highest BCUT2D eigenvalue weighted by molar-refractivity contribution is 7.48. The van der Waals surface area contributed by atoms with Crippen molar-refractivity contribution in [2.75, 3.05) is 0 Å². The number of phosphoric acid groups is 1. The summed E-state index contributed by atoms with van der Waals surface area (Å²) >= 11 is 0. The summed E-state index contributed by atoms with van der Waals surface area (Å²) in [5.74, 6) is 0.850. The molecule has 0 aliphatic heterocycles. The summed E-state index contributed by atoms with van der Waals surface area (Å²) in [6.07, 6.45) is 0. The van der Waals surface area contributed by atoms with Gasteiger partial charge in [0, 0.05) is 16.7 Å². The minimum atomic E-state index is -5.14. The third kappa shape index (κ3) is 10.5. The SMILES string of the molecule is Cc1cccc(C)c1-c1c(C)ccc(OOP(=O)(OOc2ccc(C)c(-c3c(C)cccc3C)c2-c2c(C)cccc2C)OOc2ccc(C)c(-c3c(C)cccc3C)c2-c2c(C)cccc2C)c1-c1c(C)cccc1C. The van der Waals surface area contributed by atoms with E-state index >= 15 is 4.57 Å². The van der Waals surface area contributed by atoms with E-state index in [4.69, 9.17) is 28.7 Å². The molecule has 0 aliphatic rings. The Hall–Kier alpha value is -7.51. The van der Waals surface area contributed by atoms with Crippen LogP contribution in [0.1, 0.15) is 83.5 Å². The number of aryl methyl sites for hydroxylation is 15. The van der Waals surface area contributed by atoms with Crippen LogP contribution in [0.2, 0.25) is 0 Å². The Bertz CT molecular complexity index is 3300. The number of rotatable bonds is 15. The van der Waals surface area contributed by atoms with Gasteiger partial charge in [0.15, 0.2) is 17.2 Å². The molecule has 9 aromatic rings. The van der Waals surface area contributed by atoms with Gasteiger partial charge in [-0.15, -0.1) is 0 Å². The molecule has 0 N–H and O–H groups in total. The van der Waals surface area contributed by atoms with Gasteiger partial charge < -0.3 is 14.7 Å². The average molecular weight is 1040 g/mol. The molecule has 0 heterocycles. The van der Waals surface area contributed by atoms with Crippen molar-refractivity contribution < 1.29 is 33.3 Å². The molecule has 392 valence electrons. The summed E-state index contributed by atoms with van der Waals surface area (Å²) in [5, 5.41) is 0. The number of benzene rings is 9. The molecule has 0 unspecified atom stereocenters. The summed E-state index contributed by atoms with van der Waals surface area (Å²) in [4.78, 5) is 19.4. The lowest BCUT2D eigenvalue weighted by molar-refractivity contribution is -0.237. The largest absolute Gasteiger partial charge is 0.583 e.